The van der Waals surface area contributed by atoms with Crippen LogP contribution < -0.4 is 0 Å². The van der Waals surface area contributed by atoms with Crippen molar-refractivity contribution in [1.29, 1.82) is 5.26 Å². The highest BCUT2D eigenvalue weighted by Gasteiger charge is 2.66. The maximum atomic E-state index is 12.0. The normalized spacial score (nSPS) is 46.7. The fourth-order valence-electron chi connectivity index (χ4n) is 7.45. The Kier molecular flexibility index (Phi) is 4.34. The number of allylic oxidation sites excluding steroid dienone is 1. The summed E-state index contributed by atoms with van der Waals surface area (Å²) in [5, 5.41) is 10.2. The van der Waals surface area contributed by atoms with Gasteiger partial charge < -0.3 is 4.43 Å². The van der Waals surface area contributed by atoms with Crippen molar-refractivity contribution >= 4 is 14.1 Å². The van der Waals surface area contributed by atoms with E-state index in [1.165, 1.54) is 18.4 Å². The summed E-state index contributed by atoms with van der Waals surface area (Å²) < 4.78 is 6.66. The number of nitriles is 1. The average Bonchev–Trinajstić information content (AvgIpc) is 2.87. The molecule has 3 saturated carbocycles. The minimum Gasteiger partial charge on any atom is -0.399 e. The molecule has 0 N–H and O–H groups in total. The number of hydrogen-bond donors (Lipinski definition) is 0. The third-order valence-corrected chi connectivity index (χ3v) is 9.70. The average molecular weight is 386 g/mol. The minimum absolute atomic E-state index is 0.0226. The van der Waals surface area contributed by atoms with Crippen molar-refractivity contribution < 1.29 is 9.22 Å². The highest BCUT2D eigenvalue weighted by atomic mass is 28.4. The van der Waals surface area contributed by atoms with Gasteiger partial charge in [-0.1, -0.05) is 19.4 Å². The summed E-state index contributed by atoms with van der Waals surface area (Å²) >= 11 is 0. The second-order valence-electron chi connectivity index (χ2n) is 11.1. The predicted octanol–water partition coefficient (Wildman–Crippen LogP) is 5.63. The van der Waals surface area contributed by atoms with E-state index in [1.807, 2.05) is 6.08 Å². The first-order valence-electron chi connectivity index (χ1n) is 10.9. The van der Waals surface area contributed by atoms with Gasteiger partial charge in [-0.05, 0) is 93.8 Å². The van der Waals surface area contributed by atoms with E-state index < -0.39 is 13.9 Å². The summed E-state index contributed by atoms with van der Waals surface area (Å²) in [4.78, 5) is 12.0. The Morgan fingerprint density at radius 2 is 1.78 bits per heavy atom. The van der Waals surface area contributed by atoms with Crippen LogP contribution in [0.4, 0.5) is 0 Å². The van der Waals surface area contributed by atoms with Crippen LogP contribution in [0.2, 0.25) is 19.6 Å². The van der Waals surface area contributed by atoms with Gasteiger partial charge in [0.25, 0.3) is 0 Å². The van der Waals surface area contributed by atoms with Crippen LogP contribution in [0.1, 0.15) is 65.2 Å². The molecule has 0 amide bonds. The lowest BCUT2D eigenvalue weighted by atomic mass is 9.46. The molecular formula is C23H35NO2Si. The van der Waals surface area contributed by atoms with E-state index in [4.69, 9.17) is 4.43 Å². The monoisotopic (exact) mass is 385 g/mol. The van der Waals surface area contributed by atoms with Gasteiger partial charge in [-0.15, -0.1) is 0 Å². The molecule has 4 aliphatic carbocycles. The molecule has 6 atom stereocenters. The molecule has 4 aliphatic rings. The maximum Gasteiger partial charge on any atom is 0.185 e. The molecule has 0 heterocycles. The van der Waals surface area contributed by atoms with E-state index in [0.29, 0.717) is 30.0 Å². The number of carbonyl (C=O) groups is 1. The van der Waals surface area contributed by atoms with Crippen molar-refractivity contribution in [1.82, 2.24) is 0 Å². The summed E-state index contributed by atoms with van der Waals surface area (Å²) in [6.45, 7) is 11.4. The molecule has 0 spiro atoms. The largest absolute Gasteiger partial charge is 0.399 e. The van der Waals surface area contributed by atoms with Crippen molar-refractivity contribution in [3.8, 4) is 6.07 Å². The van der Waals surface area contributed by atoms with Crippen molar-refractivity contribution in [2.45, 2.75) is 90.5 Å². The van der Waals surface area contributed by atoms with Gasteiger partial charge in [-0.2, -0.15) is 5.26 Å². The van der Waals surface area contributed by atoms with Crippen molar-refractivity contribution in [2.75, 3.05) is 0 Å². The molecule has 0 aromatic heterocycles. The summed E-state index contributed by atoms with van der Waals surface area (Å²) in [6.07, 6.45) is 10.3. The van der Waals surface area contributed by atoms with Crippen LogP contribution in [0.5, 0.6) is 0 Å². The first-order chi connectivity index (χ1) is 12.5. The van der Waals surface area contributed by atoms with Crippen LogP contribution in [0, 0.1) is 39.9 Å². The molecule has 27 heavy (non-hydrogen) atoms. The molecule has 4 rings (SSSR count). The molecule has 4 heteroatoms. The standard InChI is InChI=1S/C23H35NO2Si/c1-21-11-8-17(25)14-16(21)6-7-18-19(21)9-12-22(2)20(18)10-13-23(22,15-24)26-27(3,4)5/h14,18-20H,6-13H2,1-5H3/t18-,19+,20+,21+,22+,23-/m1/s1. The van der Waals surface area contributed by atoms with Crippen LogP contribution in [0.3, 0.4) is 0 Å². The molecule has 0 saturated heterocycles. The fraction of sp³-hybridized carbons (Fsp3) is 0.826. The minimum atomic E-state index is -1.80. The van der Waals surface area contributed by atoms with E-state index >= 15 is 0 Å². The van der Waals surface area contributed by atoms with Crippen molar-refractivity contribution in [2.24, 2.45) is 28.6 Å². The number of carbonyl (C=O) groups excluding carboxylic acids is 1. The summed E-state index contributed by atoms with van der Waals surface area (Å²) in [5.74, 6) is 2.27. The topological polar surface area (TPSA) is 50.1 Å². The van der Waals surface area contributed by atoms with Gasteiger partial charge in [0, 0.05) is 11.8 Å². The molecule has 3 nitrogen and oxygen atoms in total. The fourth-order valence-corrected chi connectivity index (χ4v) is 8.88. The maximum absolute atomic E-state index is 12.0. The van der Waals surface area contributed by atoms with Gasteiger partial charge in [0.15, 0.2) is 14.1 Å². The lowest BCUT2D eigenvalue weighted by Gasteiger charge is -2.59. The van der Waals surface area contributed by atoms with Gasteiger partial charge >= 0.3 is 0 Å². The highest BCUT2D eigenvalue weighted by molar-refractivity contribution is 6.69. The smallest absolute Gasteiger partial charge is 0.185 e. The Morgan fingerprint density at radius 1 is 1.07 bits per heavy atom. The molecule has 0 unspecified atom stereocenters. The Balaban J connectivity index is 1.68. The first kappa shape index (κ1) is 19.4. The molecule has 0 aliphatic heterocycles. The Labute approximate surface area is 165 Å². The first-order valence-corrected chi connectivity index (χ1v) is 14.3. The highest BCUT2D eigenvalue weighted by Crippen LogP contribution is 2.68. The van der Waals surface area contributed by atoms with Crippen molar-refractivity contribution in [3.63, 3.8) is 0 Å². The lowest BCUT2D eigenvalue weighted by molar-refractivity contribution is -0.118. The van der Waals surface area contributed by atoms with Crippen LogP contribution in [-0.4, -0.2) is 19.7 Å². The third kappa shape index (κ3) is 2.72. The van der Waals surface area contributed by atoms with E-state index in [1.54, 1.807) is 0 Å². The van der Waals surface area contributed by atoms with Crippen LogP contribution >= 0.6 is 0 Å². The van der Waals surface area contributed by atoms with Crippen LogP contribution in [0.25, 0.3) is 0 Å². The molecule has 0 radical (unpaired) electrons. The van der Waals surface area contributed by atoms with E-state index in [0.717, 1.165) is 32.1 Å². The molecular weight excluding hydrogens is 350 g/mol. The number of rotatable bonds is 2. The molecule has 3 fully saturated rings. The second-order valence-corrected chi connectivity index (χ2v) is 15.5. The van der Waals surface area contributed by atoms with Gasteiger partial charge in [0.2, 0.25) is 0 Å². The van der Waals surface area contributed by atoms with E-state index in [9.17, 15) is 10.1 Å². The molecule has 0 bridgehead atoms. The zero-order chi connectivity index (χ0) is 19.7. The number of fused-ring (bicyclic) bond motifs is 5. The SMILES string of the molecule is C[C@]12CCC(=O)C=C1CC[C@@H]1[C@@H]2CC[C@@]2(C)[C@H]1CC[C@]2(C#N)O[Si](C)(C)C. The zero-order valence-corrected chi connectivity index (χ0v) is 18.7. The second kappa shape index (κ2) is 6.04. The zero-order valence-electron chi connectivity index (χ0n) is 17.7. The van der Waals surface area contributed by atoms with Crippen LogP contribution in [0.15, 0.2) is 11.6 Å². The van der Waals surface area contributed by atoms with Gasteiger partial charge in [0.1, 0.15) is 5.60 Å². The number of nitrogens with zero attached hydrogens (tertiary/aromatic N) is 1. The molecule has 148 valence electrons. The summed E-state index contributed by atoms with van der Waals surface area (Å²) in [5.41, 5.74) is 1.01. The molecule has 0 aromatic carbocycles. The lowest BCUT2D eigenvalue weighted by Crippen LogP contribution is -2.57. The van der Waals surface area contributed by atoms with Gasteiger partial charge in [0.05, 0.1) is 6.07 Å². The van der Waals surface area contributed by atoms with E-state index in [2.05, 4.69) is 39.6 Å². The summed E-state index contributed by atoms with van der Waals surface area (Å²) in [6, 6.07) is 2.70. The molecule has 0 aromatic rings. The Morgan fingerprint density at radius 3 is 2.44 bits per heavy atom. The van der Waals surface area contributed by atoms with Gasteiger partial charge in [-0.3, -0.25) is 4.79 Å². The van der Waals surface area contributed by atoms with Gasteiger partial charge in [-0.25, -0.2) is 0 Å². The number of ketones is 1. The summed E-state index contributed by atoms with van der Waals surface area (Å²) in [7, 11) is -1.80. The van der Waals surface area contributed by atoms with Crippen molar-refractivity contribution in [3.05, 3.63) is 11.6 Å². The van der Waals surface area contributed by atoms with E-state index in [-0.39, 0.29) is 10.8 Å². The number of hydrogen-bond acceptors (Lipinski definition) is 3. The quantitative estimate of drug-likeness (QED) is 0.579. The predicted molar refractivity (Wildman–Crippen MR) is 109 cm³/mol. The Bertz CT molecular complexity index is 732. The Hall–Kier alpha value is -0.923. The third-order valence-electron chi connectivity index (χ3n) is 8.74. The van der Waals surface area contributed by atoms with Crippen LogP contribution in [-0.2, 0) is 9.22 Å².